The average molecular weight is 191 g/mol. The molecule has 0 heterocycles. The van der Waals surface area contributed by atoms with E-state index in [0.717, 1.165) is 0 Å². The van der Waals surface area contributed by atoms with Gasteiger partial charge in [-0.2, -0.15) is 0 Å². The van der Waals surface area contributed by atoms with Crippen LogP contribution in [0.5, 0.6) is 0 Å². The lowest BCUT2D eigenvalue weighted by molar-refractivity contribution is -0.140. The molecule has 2 aliphatic carbocycles. The van der Waals surface area contributed by atoms with Gasteiger partial charge in [0, 0.05) is 11.8 Å². The second kappa shape index (κ2) is 2.41. The van der Waals surface area contributed by atoms with Gasteiger partial charge < -0.3 is 10.8 Å². The highest BCUT2D eigenvalue weighted by Crippen LogP contribution is 2.65. The van der Waals surface area contributed by atoms with Crippen LogP contribution in [0.3, 0.4) is 0 Å². The summed E-state index contributed by atoms with van der Waals surface area (Å²) in [5.74, 6) is -5.07. The molecule has 0 unspecified atom stereocenters. The number of fused-ring (bicyclic) bond motifs is 1. The SMILES string of the molecule is N[C@H](C(=O)O)[C@@H]1C[C@@H]2[C@H](C1)C2(F)F. The molecule has 0 amide bonds. The molecule has 0 spiro atoms. The van der Waals surface area contributed by atoms with Crippen molar-refractivity contribution in [1.82, 2.24) is 0 Å². The summed E-state index contributed by atoms with van der Waals surface area (Å²) in [5, 5.41) is 8.56. The van der Waals surface area contributed by atoms with E-state index in [9.17, 15) is 13.6 Å². The van der Waals surface area contributed by atoms with Crippen molar-refractivity contribution in [3.05, 3.63) is 0 Å². The average Bonchev–Trinajstić information content (AvgIpc) is 2.53. The quantitative estimate of drug-likeness (QED) is 0.675. The number of halogens is 2. The number of carboxylic acid groups (broad SMARTS) is 1. The Labute approximate surface area is 73.9 Å². The number of hydrogen-bond donors (Lipinski definition) is 2. The molecule has 2 fully saturated rings. The van der Waals surface area contributed by atoms with Crippen LogP contribution < -0.4 is 5.73 Å². The minimum atomic E-state index is -2.53. The van der Waals surface area contributed by atoms with Crippen LogP contribution in [0.2, 0.25) is 0 Å². The third-order valence-electron chi connectivity index (χ3n) is 3.27. The third-order valence-corrected chi connectivity index (χ3v) is 3.27. The molecule has 13 heavy (non-hydrogen) atoms. The van der Waals surface area contributed by atoms with Crippen LogP contribution >= 0.6 is 0 Å². The summed E-state index contributed by atoms with van der Waals surface area (Å²) in [6.07, 6.45) is 0.538. The summed E-state index contributed by atoms with van der Waals surface area (Å²) in [6, 6.07) is -0.969. The van der Waals surface area contributed by atoms with Crippen molar-refractivity contribution < 1.29 is 18.7 Å². The zero-order valence-corrected chi connectivity index (χ0v) is 6.91. The van der Waals surface area contributed by atoms with Gasteiger partial charge in [0.05, 0.1) is 0 Å². The van der Waals surface area contributed by atoms with Gasteiger partial charge in [0.25, 0.3) is 5.92 Å². The van der Waals surface area contributed by atoms with Gasteiger partial charge in [0.15, 0.2) is 0 Å². The molecule has 5 heteroatoms. The van der Waals surface area contributed by atoms with Crippen molar-refractivity contribution >= 4 is 5.97 Å². The first-order valence-electron chi connectivity index (χ1n) is 4.30. The summed E-state index contributed by atoms with van der Waals surface area (Å²) < 4.78 is 25.4. The zero-order chi connectivity index (χ0) is 9.80. The fraction of sp³-hybridized carbons (Fsp3) is 0.875. The minimum Gasteiger partial charge on any atom is -0.480 e. The molecule has 0 radical (unpaired) electrons. The molecule has 2 rings (SSSR count). The number of carboxylic acids is 1. The number of rotatable bonds is 2. The lowest BCUT2D eigenvalue weighted by atomic mass is 9.95. The monoisotopic (exact) mass is 191 g/mol. The summed E-state index contributed by atoms with van der Waals surface area (Å²) in [7, 11) is 0. The van der Waals surface area contributed by atoms with E-state index in [1.165, 1.54) is 0 Å². The van der Waals surface area contributed by atoms with Crippen LogP contribution in [0.25, 0.3) is 0 Å². The van der Waals surface area contributed by atoms with Crippen molar-refractivity contribution in [1.29, 1.82) is 0 Å². The van der Waals surface area contributed by atoms with Crippen molar-refractivity contribution in [3.63, 3.8) is 0 Å². The number of hydrogen-bond acceptors (Lipinski definition) is 2. The topological polar surface area (TPSA) is 63.3 Å². The standard InChI is InChI=1S/C8H11F2NO2/c9-8(10)4-1-3(2-5(4)8)6(11)7(12)13/h3-6H,1-2,11H2,(H,12,13)/t3-,4-,5+,6-/m0/s1. The maximum absolute atomic E-state index is 12.7. The highest BCUT2D eigenvalue weighted by atomic mass is 19.3. The van der Waals surface area contributed by atoms with Crippen LogP contribution in [0.4, 0.5) is 8.78 Å². The van der Waals surface area contributed by atoms with E-state index in [-0.39, 0.29) is 18.8 Å². The molecule has 3 N–H and O–H groups in total. The fourth-order valence-corrected chi connectivity index (χ4v) is 2.35. The molecule has 0 saturated heterocycles. The first kappa shape index (κ1) is 8.87. The van der Waals surface area contributed by atoms with Crippen molar-refractivity contribution in [2.45, 2.75) is 24.8 Å². The molecule has 4 atom stereocenters. The second-order valence-electron chi connectivity index (χ2n) is 3.98. The Morgan fingerprint density at radius 2 is 1.92 bits per heavy atom. The predicted molar refractivity (Wildman–Crippen MR) is 40.3 cm³/mol. The fourth-order valence-electron chi connectivity index (χ4n) is 2.35. The lowest BCUT2D eigenvalue weighted by Gasteiger charge is -2.17. The largest absolute Gasteiger partial charge is 0.480 e. The lowest BCUT2D eigenvalue weighted by Crippen LogP contribution is -2.38. The van der Waals surface area contributed by atoms with Gasteiger partial charge in [0.2, 0.25) is 0 Å². The highest BCUT2D eigenvalue weighted by molar-refractivity contribution is 5.73. The maximum atomic E-state index is 12.7. The first-order chi connectivity index (χ1) is 5.94. The molecule has 0 aromatic heterocycles. The van der Waals surface area contributed by atoms with Gasteiger partial charge in [-0.15, -0.1) is 0 Å². The predicted octanol–water partition coefficient (Wildman–Crippen LogP) is 0.690. The number of alkyl halides is 2. The zero-order valence-electron chi connectivity index (χ0n) is 6.91. The Bertz CT molecular complexity index is 243. The molecule has 2 aliphatic rings. The Balaban J connectivity index is 1.94. The van der Waals surface area contributed by atoms with E-state index in [1.807, 2.05) is 0 Å². The van der Waals surface area contributed by atoms with Crippen LogP contribution in [-0.4, -0.2) is 23.0 Å². The number of aliphatic carboxylic acids is 1. The molecule has 0 aromatic rings. The Kier molecular flexibility index (Phi) is 1.64. The molecule has 0 bridgehead atoms. The minimum absolute atomic E-state index is 0.257. The Morgan fingerprint density at radius 1 is 1.46 bits per heavy atom. The molecule has 2 saturated carbocycles. The summed E-state index contributed by atoms with van der Waals surface area (Å²) in [4.78, 5) is 10.5. The molecule has 0 aliphatic heterocycles. The van der Waals surface area contributed by atoms with E-state index in [2.05, 4.69) is 0 Å². The second-order valence-corrected chi connectivity index (χ2v) is 3.98. The van der Waals surface area contributed by atoms with Crippen molar-refractivity contribution in [2.24, 2.45) is 23.5 Å². The van der Waals surface area contributed by atoms with Crippen molar-refractivity contribution in [2.75, 3.05) is 0 Å². The molecule has 3 nitrogen and oxygen atoms in total. The van der Waals surface area contributed by atoms with Gasteiger partial charge in [-0.1, -0.05) is 0 Å². The van der Waals surface area contributed by atoms with Crippen LogP contribution in [0, 0.1) is 17.8 Å². The van der Waals surface area contributed by atoms with Gasteiger partial charge >= 0.3 is 5.97 Å². The van der Waals surface area contributed by atoms with Gasteiger partial charge in [-0.25, -0.2) is 8.78 Å². The maximum Gasteiger partial charge on any atom is 0.320 e. The molecular weight excluding hydrogens is 180 g/mol. The van der Waals surface area contributed by atoms with Crippen molar-refractivity contribution in [3.8, 4) is 0 Å². The highest BCUT2D eigenvalue weighted by Gasteiger charge is 2.72. The molecule has 0 aromatic carbocycles. The van der Waals surface area contributed by atoms with E-state index in [4.69, 9.17) is 10.8 Å². The summed E-state index contributed by atoms with van der Waals surface area (Å²) in [6.45, 7) is 0. The van der Waals surface area contributed by atoms with E-state index in [1.54, 1.807) is 0 Å². The van der Waals surface area contributed by atoms with Gasteiger partial charge in [-0.05, 0) is 18.8 Å². The van der Waals surface area contributed by atoms with Crippen LogP contribution in [-0.2, 0) is 4.79 Å². The van der Waals surface area contributed by atoms with Gasteiger partial charge in [-0.3, -0.25) is 4.79 Å². The van der Waals surface area contributed by atoms with E-state index >= 15 is 0 Å². The normalized spacial score (nSPS) is 42.5. The van der Waals surface area contributed by atoms with Crippen LogP contribution in [0.15, 0.2) is 0 Å². The third kappa shape index (κ3) is 1.14. The smallest absolute Gasteiger partial charge is 0.320 e. The molecular formula is C8H11F2NO2. The van der Waals surface area contributed by atoms with Gasteiger partial charge in [0.1, 0.15) is 6.04 Å². The van der Waals surface area contributed by atoms with E-state index in [0.29, 0.717) is 0 Å². The van der Waals surface area contributed by atoms with E-state index < -0.39 is 29.8 Å². The summed E-state index contributed by atoms with van der Waals surface area (Å²) >= 11 is 0. The molecule has 74 valence electrons. The number of carbonyl (C=O) groups is 1. The Morgan fingerprint density at radius 3 is 2.31 bits per heavy atom. The number of nitrogens with two attached hydrogens (primary N) is 1. The first-order valence-corrected chi connectivity index (χ1v) is 4.30. The van der Waals surface area contributed by atoms with Crippen LogP contribution in [0.1, 0.15) is 12.8 Å². The summed E-state index contributed by atoms with van der Waals surface area (Å²) in [5.41, 5.74) is 5.35. The Hall–Kier alpha value is -0.710.